The molecule has 0 aliphatic heterocycles. The maximum atomic E-state index is 13.0. The highest BCUT2D eigenvalue weighted by molar-refractivity contribution is 6.34. The Kier molecular flexibility index (Phi) is 5.50. The number of anilines is 1. The van der Waals surface area contributed by atoms with Crippen LogP contribution in [0.15, 0.2) is 84.9 Å². The molecule has 0 saturated heterocycles. The van der Waals surface area contributed by atoms with Gasteiger partial charge in [-0.15, -0.1) is 0 Å². The van der Waals surface area contributed by atoms with Crippen molar-refractivity contribution in [3.05, 3.63) is 101 Å². The Morgan fingerprint density at radius 2 is 1.38 bits per heavy atom. The predicted molar refractivity (Wildman–Crippen MR) is 120 cm³/mol. The molecule has 0 spiro atoms. The summed E-state index contributed by atoms with van der Waals surface area (Å²) in [6.07, 6.45) is 0.770. The van der Waals surface area contributed by atoms with E-state index in [9.17, 15) is 4.79 Å². The molecule has 4 rings (SSSR count). The number of rotatable bonds is 5. The molecule has 0 aliphatic carbocycles. The maximum absolute atomic E-state index is 13.0. The molecule has 1 aromatic heterocycles. The number of amides is 1. The van der Waals surface area contributed by atoms with Gasteiger partial charge >= 0.3 is 0 Å². The van der Waals surface area contributed by atoms with E-state index < -0.39 is 0 Å². The van der Waals surface area contributed by atoms with Gasteiger partial charge in [0.1, 0.15) is 0 Å². The van der Waals surface area contributed by atoms with Gasteiger partial charge in [-0.1, -0.05) is 91.3 Å². The van der Waals surface area contributed by atoms with Crippen molar-refractivity contribution in [2.45, 2.75) is 13.3 Å². The first kappa shape index (κ1) is 19.0. The van der Waals surface area contributed by atoms with Crippen LogP contribution >= 0.6 is 11.6 Å². The smallest absolute Gasteiger partial charge is 0.257 e. The second kappa shape index (κ2) is 8.38. The molecule has 1 amide bonds. The first-order valence-electron chi connectivity index (χ1n) is 9.60. The minimum atomic E-state index is -0.221. The Hall–Kier alpha value is -3.30. The Labute approximate surface area is 175 Å². The minimum absolute atomic E-state index is 0.221. The van der Waals surface area contributed by atoms with Gasteiger partial charge in [0.05, 0.1) is 27.7 Å². The van der Waals surface area contributed by atoms with Crippen LogP contribution in [0.3, 0.4) is 0 Å². The standard InChI is InChI=1S/C25H21ClN2O/c1-2-19-22(17-11-5-3-6-12-17)27-23(18-13-7-4-8-14-18)24(19)28-25(29)20-15-9-10-16-21(20)26/h3-16,27H,2H2,1H3,(H,28,29). The Morgan fingerprint density at radius 3 is 1.97 bits per heavy atom. The predicted octanol–water partition coefficient (Wildman–Crippen LogP) is 6.82. The third kappa shape index (κ3) is 3.82. The third-order valence-electron chi connectivity index (χ3n) is 4.94. The first-order chi connectivity index (χ1) is 14.2. The van der Waals surface area contributed by atoms with Crippen molar-refractivity contribution < 1.29 is 4.79 Å². The minimum Gasteiger partial charge on any atom is -0.353 e. The Bertz CT molecular complexity index is 1130. The molecule has 3 nitrogen and oxygen atoms in total. The van der Waals surface area contributed by atoms with Gasteiger partial charge < -0.3 is 10.3 Å². The van der Waals surface area contributed by atoms with Crippen LogP contribution < -0.4 is 5.32 Å². The van der Waals surface area contributed by atoms with Crippen LogP contribution in [0.2, 0.25) is 5.02 Å². The summed E-state index contributed by atoms with van der Waals surface area (Å²) in [6.45, 7) is 2.09. The second-order valence-corrected chi connectivity index (χ2v) is 7.16. The molecule has 0 atom stereocenters. The normalized spacial score (nSPS) is 10.7. The van der Waals surface area contributed by atoms with Crippen LogP contribution in [0, 0.1) is 0 Å². The molecular formula is C25H21ClN2O. The Morgan fingerprint density at radius 1 is 0.828 bits per heavy atom. The van der Waals surface area contributed by atoms with E-state index in [4.69, 9.17) is 11.6 Å². The maximum Gasteiger partial charge on any atom is 0.257 e. The van der Waals surface area contributed by atoms with E-state index in [-0.39, 0.29) is 5.91 Å². The highest BCUT2D eigenvalue weighted by atomic mass is 35.5. The van der Waals surface area contributed by atoms with Gasteiger partial charge in [-0.2, -0.15) is 0 Å². The lowest BCUT2D eigenvalue weighted by Gasteiger charge is -2.11. The SMILES string of the molecule is CCc1c(-c2ccccc2)[nH]c(-c2ccccc2)c1NC(=O)c1ccccc1Cl. The molecule has 1 heterocycles. The zero-order valence-electron chi connectivity index (χ0n) is 16.1. The average molecular weight is 401 g/mol. The van der Waals surface area contributed by atoms with E-state index >= 15 is 0 Å². The summed E-state index contributed by atoms with van der Waals surface area (Å²) < 4.78 is 0. The van der Waals surface area contributed by atoms with E-state index in [0.717, 1.165) is 40.2 Å². The zero-order valence-corrected chi connectivity index (χ0v) is 16.8. The molecule has 3 aromatic carbocycles. The van der Waals surface area contributed by atoms with Crippen LogP contribution in [0.1, 0.15) is 22.8 Å². The molecule has 0 saturated carbocycles. The van der Waals surface area contributed by atoms with E-state index in [1.54, 1.807) is 12.1 Å². The van der Waals surface area contributed by atoms with Crippen LogP contribution in [0.5, 0.6) is 0 Å². The number of halogens is 1. The van der Waals surface area contributed by atoms with Crippen LogP contribution in [-0.2, 0) is 6.42 Å². The molecule has 2 N–H and O–H groups in total. The second-order valence-electron chi connectivity index (χ2n) is 6.75. The highest BCUT2D eigenvalue weighted by Gasteiger charge is 2.21. The summed E-state index contributed by atoms with van der Waals surface area (Å²) >= 11 is 6.25. The number of hydrogen-bond donors (Lipinski definition) is 2. The number of carbonyl (C=O) groups excluding carboxylic acids is 1. The fraction of sp³-hybridized carbons (Fsp3) is 0.0800. The van der Waals surface area contributed by atoms with Crippen LogP contribution in [-0.4, -0.2) is 10.9 Å². The van der Waals surface area contributed by atoms with Crippen molar-refractivity contribution in [3.8, 4) is 22.5 Å². The highest BCUT2D eigenvalue weighted by Crippen LogP contribution is 2.38. The van der Waals surface area contributed by atoms with Gasteiger partial charge in [0.15, 0.2) is 0 Å². The molecular weight excluding hydrogens is 380 g/mol. The number of aromatic amines is 1. The number of H-pyrrole nitrogens is 1. The summed E-state index contributed by atoms with van der Waals surface area (Å²) in [5, 5.41) is 3.55. The van der Waals surface area contributed by atoms with E-state index in [1.165, 1.54) is 0 Å². The van der Waals surface area contributed by atoms with Gasteiger partial charge in [0.2, 0.25) is 0 Å². The summed E-state index contributed by atoms with van der Waals surface area (Å²) in [5.41, 5.74) is 6.32. The molecule has 0 unspecified atom stereocenters. The molecule has 0 bridgehead atoms. The third-order valence-corrected chi connectivity index (χ3v) is 5.27. The largest absolute Gasteiger partial charge is 0.353 e. The van der Waals surface area contributed by atoms with Gasteiger partial charge in [-0.25, -0.2) is 0 Å². The lowest BCUT2D eigenvalue weighted by molar-refractivity contribution is 0.102. The van der Waals surface area contributed by atoms with Gasteiger partial charge in [0, 0.05) is 11.1 Å². The molecule has 0 radical (unpaired) electrons. The summed E-state index contributed by atoms with van der Waals surface area (Å²) in [4.78, 5) is 16.6. The number of nitrogens with one attached hydrogen (secondary N) is 2. The summed E-state index contributed by atoms with van der Waals surface area (Å²) in [7, 11) is 0. The molecule has 0 fully saturated rings. The van der Waals surface area contributed by atoms with Gasteiger partial charge in [0.25, 0.3) is 5.91 Å². The first-order valence-corrected chi connectivity index (χ1v) is 9.98. The van der Waals surface area contributed by atoms with E-state index in [2.05, 4.69) is 29.4 Å². The van der Waals surface area contributed by atoms with Crippen molar-refractivity contribution in [1.82, 2.24) is 4.98 Å². The monoisotopic (exact) mass is 400 g/mol. The lowest BCUT2D eigenvalue weighted by atomic mass is 10.0. The van der Waals surface area contributed by atoms with Crippen molar-refractivity contribution in [3.63, 3.8) is 0 Å². The molecule has 4 aromatic rings. The molecule has 4 heteroatoms. The Balaban J connectivity index is 1.86. The number of aromatic nitrogens is 1. The van der Waals surface area contributed by atoms with Gasteiger partial charge in [-0.3, -0.25) is 4.79 Å². The van der Waals surface area contributed by atoms with E-state index in [1.807, 2.05) is 60.7 Å². The quantitative estimate of drug-likeness (QED) is 0.379. The van der Waals surface area contributed by atoms with Crippen LogP contribution in [0.4, 0.5) is 5.69 Å². The van der Waals surface area contributed by atoms with Crippen molar-refractivity contribution >= 4 is 23.2 Å². The fourth-order valence-corrected chi connectivity index (χ4v) is 3.75. The molecule has 29 heavy (non-hydrogen) atoms. The zero-order chi connectivity index (χ0) is 20.2. The molecule has 144 valence electrons. The topological polar surface area (TPSA) is 44.9 Å². The fourth-order valence-electron chi connectivity index (χ4n) is 3.53. The summed E-state index contributed by atoms with van der Waals surface area (Å²) in [6, 6.07) is 27.3. The lowest BCUT2D eigenvalue weighted by Crippen LogP contribution is -2.13. The number of carbonyl (C=O) groups is 1. The average Bonchev–Trinajstić information content (AvgIpc) is 3.13. The van der Waals surface area contributed by atoms with Crippen molar-refractivity contribution in [2.24, 2.45) is 0 Å². The molecule has 0 aliphatic rings. The van der Waals surface area contributed by atoms with Gasteiger partial charge in [-0.05, 0) is 24.1 Å². The number of hydrogen-bond acceptors (Lipinski definition) is 1. The van der Waals surface area contributed by atoms with E-state index in [0.29, 0.717) is 10.6 Å². The number of benzene rings is 3. The summed E-state index contributed by atoms with van der Waals surface area (Å²) in [5.74, 6) is -0.221. The van der Waals surface area contributed by atoms with Crippen LogP contribution in [0.25, 0.3) is 22.5 Å². The van der Waals surface area contributed by atoms with Crippen molar-refractivity contribution in [1.29, 1.82) is 0 Å². The van der Waals surface area contributed by atoms with Crippen molar-refractivity contribution in [2.75, 3.05) is 5.32 Å².